The number of hydrogen-bond acceptors (Lipinski definition) is 12. The number of pyridine rings is 3. The molecular formula is C49H67F3N8O7S. The molecule has 0 unspecified atom stereocenters. The zero-order valence-corrected chi connectivity index (χ0v) is 40.4. The predicted octanol–water partition coefficient (Wildman–Crippen LogP) is 10.2. The number of aromatic nitrogens is 3. The monoisotopic (exact) mass is 968 g/mol. The van der Waals surface area contributed by atoms with Crippen molar-refractivity contribution in [2.45, 2.75) is 134 Å². The molecule has 68 heavy (non-hydrogen) atoms. The van der Waals surface area contributed by atoms with Crippen LogP contribution in [0.4, 0.5) is 24.5 Å². The van der Waals surface area contributed by atoms with Crippen molar-refractivity contribution < 1.29 is 40.8 Å². The Kier molecular flexibility index (Phi) is 20.8. The van der Waals surface area contributed by atoms with E-state index < -0.39 is 54.9 Å². The van der Waals surface area contributed by atoms with Gasteiger partial charge in [-0.2, -0.15) is 17.5 Å². The van der Waals surface area contributed by atoms with Gasteiger partial charge in [0.25, 0.3) is 11.6 Å². The third kappa shape index (κ3) is 14.6. The van der Waals surface area contributed by atoms with Crippen LogP contribution in [-0.2, 0) is 22.7 Å². The van der Waals surface area contributed by atoms with Gasteiger partial charge in [0.1, 0.15) is 0 Å². The van der Waals surface area contributed by atoms with Gasteiger partial charge in [0.15, 0.2) is 10.6 Å². The summed E-state index contributed by atoms with van der Waals surface area (Å²) in [4.78, 5) is 41.5. The molecule has 0 radical (unpaired) electrons. The number of ether oxygens (including phenoxy) is 2. The smallest absolute Gasteiger partial charge is 0.434 e. The fourth-order valence-electron chi connectivity index (χ4n) is 8.59. The molecule has 15 nitrogen and oxygen atoms in total. The summed E-state index contributed by atoms with van der Waals surface area (Å²) >= 11 is 0. The zero-order chi connectivity index (χ0) is 49.1. The molecule has 3 aromatic heterocycles. The lowest BCUT2D eigenvalue weighted by molar-refractivity contribution is -0.387. The summed E-state index contributed by atoms with van der Waals surface area (Å²) in [5.41, 5.74) is 5.02. The Bertz CT molecular complexity index is 2360. The third-order valence-electron chi connectivity index (χ3n) is 12.1. The molecule has 1 atom stereocenters. The molecule has 372 valence electrons. The summed E-state index contributed by atoms with van der Waals surface area (Å²) in [7, 11) is -4.50. The number of nitrogens with zero attached hydrogens (tertiary/aromatic N) is 7. The average molecular weight is 969 g/mol. The van der Waals surface area contributed by atoms with Gasteiger partial charge in [0.05, 0.1) is 52.9 Å². The Hall–Kier alpha value is -5.40. The number of para-hydroxylation sites is 1. The molecule has 1 fully saturated rings. The minimum atomic E-state index is -4.92. The van der Waals surface area contributed by atoms with E-state index in [1.165, 1.54) is 78.1 Å². The fraction of sp³-hybridized carbons (Fsp3) is 0.551. The van der Waals surface area contributed by atoms with Gasteiger partial charge >= 0.3 is 6.18 Å². The van der Waals surface area contributed by atoms with Crippen LogP contribution in [0.1, 0.15) is 132 Å². The molecule has 4 aromatic rings. The number of amides is 1. The lowest BCUT2D eigenvalue weighted by Crippen LogP contribution is -2.55. The number of halogens is 3. The third-order valence-corrected chi connectivity index (χ3v) is 14.0. The molecule has 1 aliphatic heterocycles. The normalized spacial score (nSPS) is 14.4. The topological polar surface area (TPSA) is 187 Å². The summed E-state index contributed by atoms with van der Waals surface area (Å²) in [5, 5.41) is 12.2. The van der Waals surface area contributed by atoms with Crippen molar-refractivity contribution in [1.82, 2.24) is 24.2 Å². The summed E-state index contributed by atoms with van der Waals surface area (Å²) in [5.74, 6) is -0.744. The Morgan fingerprint density at radius 1 is 0.838 bits per heavy atom. The highest BCUT2D eigenvalue weighted by atomic mass is 32.2. The second kappa shape index (κ2) is 26.4. The number of carbonyl (C=O) groups excluding carboxylic acids is 1. The number of nitro benzene ring substituents is 1. The molecule has 1 aliphatic rings. The van der Waals surface area contributed by atoms with Crippen LogP contribution in [-0.4, -0.2) is 95.4 Å². The van der Waals surface area contributed by atoms with Gasteiger partial charge in [-0.1, -0.05) is 89.7 Å². The number of hydrogen-bond donors (Lipinski definition) is 1. The molecule has 0 aliphatic carbocycles. The largest absolute Gasteiger partial charge is 0.478 e. The first-order valence-electron chi connectivity index (χ1n) is 24.0. The molecule has 2 N–H and O–H groups in total. The number of rotatable bonds is 28. The van der Waals surface area contributed by atoms with E-state index >= 15 is 0 Å². The van der Waals surface area contributed by atoms with Crippen molar-refractivity contribution in [2.75, 3.05) is 50.8 Å². The van der Waals surface area contributed by atoms with Gasteiger partial charge in [0.2, 0.25) is 21.8 Å². The molecule has 0 bridgehead atoms. The molecule has 4 heterocycles. The van der Waals surface area contributed by atoms with Gasteiger partial charge < -0.3 is 25.0 Å². The molecule has 1 aromatic carbocycles. The number of alkyl halides is 3. The van der Waals surface area contributed by atoms with E-state index in [9.17, 15) is 36.5 Å². The van der Waals surface area contributed by atoms with E-state index in [2.05, 4.69) is 9.97 Å². The first-order chi connectivity index (χ1) is 32.7. The first kappa shape index (κ1) is 53.6. The fourth-order valence-corrected chi connectivity index (χ4v) is 10.2. The summed E-state index contributed by atoms with van der Waals surface area (Å²) < 4.78 is 84.6. The van der Waals surface area contributed by atoms with E-state index in [1.54, 1.807) is 31.3 Å². The predicted molar refractivity (Wildman–Crippen MR) is 256 cm³/mol. The van der Waals surface area contributed by atoms with Crippen LogP contribution in [0.25, 0.3) is 11.3 Å². The van der Waals surface area contributed by atoms with E-state index in [0.717, 1.165) is 51.1 Å². The average Bonchev–Trinajstić information content (AvgIpc) is 3.33. The Morgan fingerprint density at radius 3 is 2.10 bits per heavy atom. The SMILES string of the molecule is CCOc1ccc(C(=O)N2CCN(c3ccc(-c4cccnc4OCC)nc3CN(CCCCCCCCCCCCCCCN)S(=O)(=O)c3ccccc3[N+](=O)[O-])[C@H](CC)C2)c(C(F)(F)F)n1. The number of unbranched alkanes of at least 4 members (excludes halogenated alkanes) is 12. The Morgan fingerprint density at radius 2 is 1.49 bits per heavy atom. The van der Waals surface area contributed by atoms with Crippen molar-refractivity contribution in [3.63, 3.8) is 0 Å². The van der Waals surface area contributed by atoms with Gasteiger partial charge in [-0.15, -0.1) is 0 Å². The Balaban J connectivity index is 1.44. The number of nitro groups is 1. The summed E-state index contributed by atoms with van der Waals surface area (Å²) in [6.07, 6.45) is 10.9. The molecule has 0 spiro atoms. The van der Waals surface area contributed by atoms with Gasteiger partial charge in [0, 0.05) is 50.6 Å². The number of nitrogens with two attached hydrogens (primary N) is 1. The molecule has 0 saturated carbocycles. The lowest BCUT2D eigenvalue weighted by atomic mass is 10.0. The first-order valence-corrected chi connectivity index (χ1v) is 25.5. The molecule has 5 rings (SSSR count). The highest BCUT2D eigenvalue weighted by molar-refractivity contribution is 7.89. The van der Waals surface area contributed by atoms with Crippen molar-refractivity contribution in [3.8, 4) is 23.0 Å². The highest BCUT2D eigenvalue weighted by Crippen LogP contribution is 2.36. The van der Waals surface area contributed by atoms with E-state index in [0.29, 0.717) is 48.0 Å². The quantitative estimate of drug-likeness (QED) is 0.0323. The Labute approximate surface area is 398 Å². The molecule has 1 amide bonds. The zero-order valence-electron chi connectivity index (χ0n) is 39.6. The van der Waals surface area contributed by atoms with Gasteiger partial charge in [-0.05, 0) is 76.1 Å². The number of anilines is 1. The molecule has 1 saturated heterocycles. The van der Waals surface area contributed by atoms with Crippen molar-refractivity contribution in [2.24, 2.45) is 5.73 Å². The maximum atomic E-state index is 14.7. The van der Waals surface area contributed by atoms with Crippen LogP contribution in [0.15, 0.2) is 71.8 Å². The second-order valence-electron chi connectivity index (χ2n) is 16.9. The van der Waals surface area contributed by atoms with Crippen LogP contribution in [0.5, 0.6) is 11.8 Å². The summed E-state index contributed by atoms with van der Waals surface area (Å²) in [6, 6.07) is 14.3. The maximum Gasteiger partial charge on any atom is 0.434 e. The van der Waals surface area contributed by atoms with E-state index in [-0.39, 0.29) is 45.2 Å². The van der Waals surface area contributed by atoms with Crippen molar-refractivity contribution in [1.29, 1.82) is 0 Å². The summed E-state index contributed by atoms with van der Waals surface area (Å²) in [6.45, 7) is 6.55. The van der Waals surface area contributed by atoms with Crippen LogP contribution in [0.2, 0.25) is 0 Å². The highest BCUT2D eigenvalue weighted by Gasteiger charge is 2.41. The number of carbonyl (C=O) groups is 1. The lowest BCUT2D eigenvalue weighted by Gasteiger charge is -2.43. The van der Waals surface area contributed by atoms with Crippen molar-refractivity contribution in [3.05, 3.63) is 93.9 Å². The van der Waals surface area contributed by atoms with Gasteiger partial charge in [-0.25, -0.2) is 23.4 Å². The van der Waals surface area contributed by atoms with Gasteiger partial charge in [-0.3, -0.25) is 14.9 Å². The number of piperazine rings is 1. The van der Waals surface area contributed by atoms with E-state index in [4.69, 9.17) is 20.2 Å². The number of sulfonamides is 1. The van der Waals surface area contributed by atoms with Crippen LogP contribution >= 0.6 is 0 Å². The minimum absolute atomic E-state index is 0.0333. The van der Waals surface area contributed by atoms with Crippen LogP contribution in [0, 0.1) is 10.1 Å². The molecular weight excluding hydrogens is 902 g/mol. The molecule has 19 heteroatoms. The minimum Gasteiger partial charge on any atom is -0.478 e. The van der Waals surface area contributed by atoms with Crippen LogP contribution in [0.3, 0.4) is 0 Å². The maximum absolute atomic E-state index is 14.7. The van der Waals surface area contributed by atoms with E-state index in [1.807, 2.05) is 24.8 Å². The standard InChI is InChI=1S/C49H67F3N8O7S/c1-4-37-35-57(48(61)39-26-29-45(66-5-2)56-46(39)49(50,51)52)33-34-59(37)42-28-27-40(38-23-22-31-54-47(38)67-6-3)55-41(42)36-58(68(64,65)44-25-19-18-24-43(44)60(62)63)32-21-17-15-13-11-9-7-8-10-12-14-16-20-30-53/h18-19,22-29,31,37H,4-17,20-21,30,32-36,53H2,1-3H3/t37-/m1/s1. The van der Waals surface area contributed by atoms with Crippen molar-refractivity contribution >= 4 is 27.3 Å². The second-order valence-corrected chi connectivity index (χ2v) is 18.8. The van der Waals surface area contributed by atoms with Crippen LogP contribution < -0.4 is 20.1 Å². The number of benzene rings is 1.